The number of methoxy groups -OCH3 is 6. The highest BCUT2D eigenvalue weighted by Crippen LogP contribution is 2.51. The van der Waals surface area contributed by atoms with Crippen LogP contribution in [0.4, 0.5) is 0 Å². The van der Waals surface area contributed by atoms with Gasteiger partial charge in [0.1, 0.15) is 12.2 Å². The van der Waals surface area contributed by atoms with Crippen LogP contribution in [0.5, 0.6) is 57.5 Å². The minimum atomic E-state index is -1.13. The van der Waals surface area contributed by atoms with Crippen molar-refractivity contribution in [1.82, 2.24) is 0 Å². The summed E-state index contributed by atoms with van der Waals surface area (Å²) in [5.74, 6) is -4.32. The Morgan fingerprint density at radius 2 is 0.697 bits per heavy atom. The van der Waals surface area contributed by atoms with Gasteiger partial charge in [0.25, 0.3) is 0 Å². The average molecular weight is 1060 g/mol. The first kappa shape index (κ1) is 57.6. The number of rotatable bonds is 19. The lowest BCUT2D eigenvalue weighted by Gasteiger charge is -2.36. The van der Waals surface area contributed by atoms with Gasteiger partial charge in [-0.25, -0.2) is 0 Å². The minimum Gasteiger partial charge on any atom is -0.493 e. The zero-order valence-electron chi connectivity index (χ0n) is 44.2. The molecule has 0 radical (unpaired) electrons. The topological polar surface area (TPSA) is 250 Å². The lowest BCUT2D eigenvalue weighted by Crippen LogP contribution is -2.34. The molecule has 2 aliphatic rings. The maximum absolute atomic E-state index is 12.9. The van der Waals surface area contributed by atoms with Gasteiger partial charge in [-0.2, -0.15) is 0 Å². The van der Waals surface area contributed by atoms with E-state index in [2.05, 4.69) is 0 Å². The molecular formula is C54H62O22. The molecule has 2 aliphatic heterocycles. The van der Waals surface area contributed by atoms with E-state index in [-0.39, 0.29) is 83.9 Å². The number of esters is 6. The Bertz CT molecular complexity index is 2520. The Hall–Kier alpha value is -7.66. The lowest BCUT2D eigenvalue weighted by atomic mass is 9.79. The number of ether oxygens (including phenoxy) is 16. The van der Waals surface area contributed by atoms with Gasteiger partial charge in [0.15, 0.2) is 58.2 Å². The first-order chi connectivity index (χ1) is 36.3. The molecule has 4 aromatic carbocycles. The minimum absolute atomic E-state index is 0.00422. The fraction of sp³-hybridized carbons (Fsp3) is 0.444. The van der Waals surface area contributed by atoms with Crippen molar-refractivity contribution in [2.45, 2.75) is 78.2 Å². The number of hydrogen-bond acceptors (Lipinski definition) is 22. The van der Waals surface area contributed by atoms with E-state index in [0.29, 0.717) is 22.3 Å². The zero-order valence-corrected chi connectivity index (χ0v) is 44.2. The van der Waals surface area contributed by atoms with Crippen LogP contribution in [0.3, 0.4) is 0 Å². The molecule has 0 N–H and O–H groups in total. The van der Waals surface area contributed by atoms with Gasteiger partial charge in [0.05, 0.1) is 81.3 Å². The van der Waals surface area contributed by atoms with Gasteiger partial charge in [-0.05, 0) is 70.8 Å². The molecule has 0 bridgehead atoms. The van der Waals surface area contributed by atoms with Crippen LogP contribution >= 0.6 is 0 Å². The number of hydrogen-bond donors (Lipinski definition) is 0. The largest absolute Gasteiger partial charge is 0.493 e. The number of carbonyl (C=O) groups is 6. The summed E-state index contributed by atoms with van der Waals surface area (Å²) in [5, 5.41) is 0. The summed E-state index contributed by atoms with van der Waals surface area (Å²) in [7, 11) is 8.35. The standard InChI is InChI=1S/C54H62O22/c1-27(55)71-39-15-13-33(17-41(39)61-7)51(73-29(3)57)47-25-69-49(35-19-43(63-9)53(75-31(5)59)44(20-35)64-10)37(23-67-47)38-24-68-48(52(74-30(4)58)34-14-16-40(72-28(2)56)42(18-34)62-8)26-70-50(38)36-21-45(65-11)54(76-32(6)60)46(22-36)66-12/h13-22,37-38,47-52H,23-26H2,1-12H3/t37-,38+,47-,48+,49+,50-,51?,52?. The molecule has 2 heterocycles. The van der Waals surface area contributed by atoms with E-state index in [1.165, 1.54) is 96.3 Å². The van der Waals surface area contributed by atoms with Crippen LogP contribution in [0.15, 0.2) is 60.7 Å². The van der Waals surface area contributed by atoms with Crippen molar-refractivity contribution in [2.75, 3.05) is 69.1 Å². The summed E-state index contributed by atoms with van der Waals surface area (Å²) < 4.78 is 95.6. The van der Waals surface area contributed by atoms with Gasteiger partial charge in [0, 0.05) is 53.4 Å². The second-order valence-corrected chi connectivity index (χ2v) is 17.3. The van der Waals surface area contributed by atoms with Crippen LogP contribution in [-0.4, -0.2) is 117 Å². The molecule has 2 fully saturated rings. The molecule has 76 heavy (non-hydrogen) atoms. The first-order valence-electron chi connectivity index (χ1n) is 23.7. The molecule has 0 aromatic heterocycles. The Labute approximate surface area is 438 Å². The van der Waals surface area contributed by atoms with Gasteiger partial charge in [-0.1, -0.05) is 12.1 Å². The molecule has 4 aromatic rings. The molecule has 0 spiro atoms. The second kappa shape index (κ2) is 26.2. The van der Waals surface area contributed by atoms with Crippen molar-refractivity contribution >= 4 is 35.8 Å². The van der Waals surface area contributed by atoms with Crippen LogP contribution in [0.1, 0.15) is 88.2 Å². The molecule has 6 rings (SSSR count). The van der Waals surface area contributed by atoms with Crippen LogP contribution in [-0.2, 0) is 57.2 Å². The van der Waals surface area contributed by atoms with Gasteiger partial charge >= 0.3 is 35.8 Å². The van der Waals surface area contributed by atoms with Gasteiger partial charge in [-0.15, -0.1) is 0 Å². The Morgan fingerprint density at radius 1 is 0.382 bits per heavy atom. The Kier molecular flexibility index (Phi) is 19.9. The number of benzene rings is 4. The number of carbonyl (C=O) groups excluding carboxylic acids is 6. The third-order valence-corrected chi connectivity index (χ3v) is 12.1. The summed E-state index contributed by atoms with van der Waals surface area (Å²) in [6.45, 7) is 6.69. The second-order valence-electron chi connectivity index (χ2n) is 17.3. The van der Waals surface area contributed by atoms with Crippen molar-refractivity contribution in [2.24, 2.45) is 11.8 Å². The predicted octanol–water partition coefficient (Wildman–Crippen LogP) is 6.89. The Morgan fingerprint density at radius 3 is 0.974 bits per heavy atom. The van der Waals surface area contributed by atoms with E-state index in [0.717, 1.165) is 0 Å². The van der Waals surface area contributed by atoms with Crippen molar-refractivity contribution in [3.8, 4) is 57.5 Å². The Balaban J connectivity index is 1.56. The van der Waals surface area contributed by atoms with E-state index in [9.17, 15) is 28.8 Å². The van der Waals surface area contributed by atoms with Gasteiger partial charge in [-0.3, -0.25) is 28.8 Å². The molecule has 2 saturated heterocycles. The van der Waals surface area contributed by atoms with E-state index in [1.54, 1.807) is 48.5 Å². The van der Waals surface area contributed by atoms with Crippen molar-refractivity contribution in [1.29, 1.82) is 0 Å². The summed E-state index contributed by atoms with van der Waals surface area (Å²) >= 11 is 0. The van der Waals surface area contributed by atoms with Gasteiger partial charge in [0.2, 0.25) is 11.5 Å². The highest BCUT2D eigenvalue weighted by atomic mass is 16.6. The summed E-state index contributed by atoms with van der Waals surface area (Å²) in [5.41, 5.74) is 1.72. The van der Waals surface area contributed by atoms with E-state index < -0.39 is 84.3 Å². The fourth-order valence-electron chi connectivity index (χ4n) is 9.01. The summed E-state index contributed by atoms with van der Waals surface area (Å²) in [6.07, 6.45) is -6.31. The molecule has 0 aliphatic carbocycles. The molecule has 2 unspecified atom stereocenters. The van der Waals surface area contributed by atoms with Crippen molar-refractivity contribution in [3.05, 3.63) is 82.9 Å². The van der Waals surface area contributed by atoms with Crippen LogP contribution in [0, 0.1) is 11.8 Å². The fourth-order valence-corrected chi connectivity index (χ4v) is 9.01. The third kappa shape index (κ3) is 14.0. The first-order valence-corrected chi connectivity index (χ1v) is 23.7. The molecule has 22 heteroatoms. The van der Waals surface area contributed by atoms with E-state index in [1.807, 2.05) is 0 Å². The highest BCUT2D eigenvalue weighted by molar-refractivity contribution is 5.74. The smallest absolute Gasteiger partial charge is 0.308 e. The normalized spacial score (nSPS) is 20.2. The zero-order chi connectivity index (χ0) is 55.4. The molecule has 8 atom stereocenters. The molecule has 0 amide bonds. The van der Waals surface area contributed by atoms with E-state index in [4.69, 9.17) is 75.8 Å². The average Bonchev–Trinajstić information content (AvgIpc) is 3.76. The predicted molar refractivity (Wildman–Crippen MR) is 263 cm³/mol. The summed E-state index contributed by atoms with van der Waals surface area (Å²) in [6, 6.07) is 15.8. The molecule has 0 saturated carbocycles. The highest BCUT2D eigenvalue weighted by Gasteiger charge is 2.46. The van der Waals surface area contributed by atoms with Crippen LogP contribution in [0.25, 0.3) is 0 Å². The summed E-state index contributed by atoms with van der Waals surface area (Å²) in [4.78, 5) is 74.5. The van der Waals surface area contributed by atoms with E-state index >= 15 is 0 Å². The van der Waals surface area contributed by atoms with Crippen molar-refractivity contribution in [3.63, 3.8) is 0 Å². The van der Waals surface area contributed by atoms with Crippen LogP contribution in [0.2, 0.25) is 0 Å². The molecular weight excluding hydrogens is 1000 g/mol. The lowest BCUT2D eigenvalue weighted by molar-refractivity contribution is -0.159. The quantitative estimate of drug-likeness (QED) is 0.0684. The molecule has 410 valence electrons. The third-order valence-electron chi connectivity index (χ3n) is 12.1. The maximum Gasteiger partial charge on any atom is 0.308 e. The maximum atomic E-state index is 12.9. The van der Waals surface area contributed by atoms with Gasteiger partial charge < -0.3 is 75.8 Å². The monoisotopic (exact) mass is 1060 g/mol. The molecule has 22 nitrogen and oxygen atoms in total. The van der Waals surface area contributed by atoms with Crippen LogP contribution < -0.4 is 47.4 Å². The van der Waals surface area contributed by atoms with Crippen molar-refractivity contribution < 1.29 is 105 Å². The SMILES string of the molecule is COc1cc(C(OC(C)=O)[C@@H]2CO[C@H](c3cc(OC)c(OC(C)=O)c(OC)c3)[C@H]([C@H]3CO[C@@H](C(OC(C)=O)c4ccc(OC(C)=O)c(OC)c4)CO[C@H]3c3cc(OC)c(OC(C)=O)c(OC)c3)CO2)ccc1OC(C)=O.